The third kappa shape index (κ3) is 3.89. The monoisotopic (exact) mass is 392 g/mol. The number of thiophene rings is 1. The standard InChI is InChI=1S/C13H14BrFN2O2S2/c1-8(9-3-2-4-10(15)5-9)17-21(18,19)12-6-11(7-16)20-13(12)14/h2-6,8,17H,7,16H2,1H3. The molecular weight excluding hydrogens is 379 g/mol. The van der Waals surface area contributed by atoms with E-state index in [1.807, 2.05) is 0 Å². The Morgan fingerprint density at radius 3 is 2.71 bits per heavy atom. The van der Waals surface area contributed by atoms with Crippen molar-refractivity contribution in [2.24, 2.45) is 5.73 Å². The van der Waals surface area contributed by atoms with Crippen molar-refractivity contribution in [3.8, 4) is 0 Å². The number of nitrogens with two attached hydrogens (primary N) is 1. The van der Waals surface area contributed by atoms with E-state index < -0.39 is 21.9 Å². The van der Waals surface area contributed by atoms with E-state index in [1.54, 1.807) is 19.1 Å². The molecule has 2 rings (SSSR count). The minimum Gasteiger partial charge on any atom is -0.326 e. The molecule has 0 fully saturated rings. The minimum atomic E-state index is -3.70. The van der Waals surface area contributed by atoms with Crippen LogP contribution in [0.2, 0.25) is 0 Å². The van der Waals surface area contributed by atoms with Crippen LogP contribution in [-0.2, 0) is 16.6 Å². The second-order valence-corrected chi connectivity index (χ2v) is 8.59. The van der Waals surface area contributed by atoms with E-state index in [1.165, 1.54) is 29.5 Å². The van der Waals surface area contributed by atoms with E-state index in [0.717, 1.165) is 4.88 Å². The first kappa shape index (κ1) is 16.6. The Morgan fingerprint density at radius 1 is 1.43 bits per heavy atom. The van der Waals surface area contributed by atoms with Gasteiger partial charge in [-0.1, -0.05) is 12.1 Å². The molecule has 3 N–H and O–H groups in total. The van der Waals surface area contributed by atoms with Gasteiger partial charge >= 0.3 is 0 Å². The molecule has 0 aliphatic carbocycles. The highest BCUT2D eigenvalue weighted by atomic mass is 79.9. The molecule has 0 saturated carbocycles. The predicted octanol–water partition coefficient (Wildman–Crippen LogP) is 3.15. The summed E-state index contributed by atoms with van der Waals surface area (Å²) in [7, 11) is -3.70. The Kier molecular flexibility index (Phi) is 5.15. The summed E-state index contributed by atoms with van der Waals surface area (Å²) in [6.45, 7) is 1.94. The number of hydrogen-bond donors (Lipinski definition) is 2. The predicted molar refractivity (Wildman–Crippen MR) is 85.0 cm³/mol. The molecule has 8 heteroatoms. The van der Waals surface area contributed by atoms with Crippen molar-refractivity contribution in [2.75, 3.05) is 0 Å². The summed E-state index contributed by atoms with van der Waals surface area (Å²) < 4.78 is 41.0. The van der Waals surface area contributed by atoms with E-state index in [4.69, 9.17) is 5.73 Å². The van der Waals surface area contributed by atoms with E-state index in [0.29, 0.717) is 9.35 Å². The molecule has 0 bridgehead atoms. The molecule has 0 aliphatic rings. The molecule has 2 aromatic rings. The molecule has 1 aromatic carbocycles. The highest BCUT2D eigenvalue weighted by Gasteiger charge is 2.23. The lowest BCUT2D eigenvalue weighted by Crippen LogP contribution is -2.26. The summed E-state index contributed by atoms with van der Waals surface area (Å²) in [4.78, 5) is 0.914. The molecular formula is C13H14BrFN2O2S2. The number of benzene rings is 1. The molecule has 1 heterocycles. The second-order valence-electron chi connectivity index (χ2n) is 4.45. The van der Waals surface area contributed by atoms with Gasteiger partial charge in [-0.2, -0.15) is 0 Å². The van der Waals surface area contributed by atoms with Gasteiger partial charge in [0, 0.05) is 17.5 Å². The average molecular weight is 393 g/mol. The smallest absolute Gasteiger partial charge is 0.243 e. The van der Waals surface area contributed by atoms with Gasteiger partial charge < -0.3 is 5.73 Å². The molecule has 114 valence electrons. The maximum atomic E-state index is 13.2. The van der Waals surface area contributed by atoms with Crippen LogP contribution in [0.3, 0.4) is 0 Å². The van der Waals surface area contributed by atoms with Crippen LogP contribution in [0.15, 0.2) is 39.0 Å². The molecule has 1 atom stereocenters. The van der Waals surface area contributed by atoms with E-state index >= 15 is 0 Å². The van der Waals surface area contributed by atoms with E-state index in [-0.39, 0.29) is 11.4 Å². The van der Waals surface area contributed by atoms with E-state index in [9.17, 15) is 12.8 Å². The molecule has 1 unspecified atom stereocenters. The van der Waals surface area contributed by atoms with Crippen LogP contribution in [0.4, 0.5) is 4.39 Å². The van der Waals surface area contributed by atoms with Gasteiger partial charge in [0.2, 0.25) is 10.0 Å². The van der Waals surface area contributed by atoms with Crippen molar-refractivity contribution in [1.29, 1.82) is 0 Å². The lowest BCUT2D eigenvalue weighted by molar-refractivity contribution is 0.564. The first-order valence-corrected chi connectivity index (χ1v) is 9.19. The number of halogens is 2. The number of hydrogen-bond acceptors (Lipinski definition) is 4. The zero-order valence-electron chi connectivity index (χ0n) is 11.1. The lowest BCUT2D eigenvalue weighted by atomic mass is 10.1. The van der Waals surface area contributed by atoms with E-state index in [2.05, 4.69) is 20.7 Å². The van der Waals surface area contributed by atoms with Gasteiger partial charge in [-0.15, -0.1) is 11.3 Å². The van der Waals surface area contributed by atoms with Gasteiger partial charge in [0.05, 0.1) is 3.79 Å². The maximum absolute atomic E-state index is 13.2. The Balaban J connectivity index is 2.26. The summed E-state index contributed by atoms with van der Waals surface area (Å²) in [6, 6.07) is 6.83. The molecule has 0 radical (unpaired) electrons. The van der Waals surface area contributed by atoms with Gasteiger partial charge in [-0.3, -0.25) is 0 Å². The summed E-state index contributed by atoms with van der Waals surface area (Å²) in [5.74, 6) is -0.402. The number of sulfonamides is 1. The molecule has 21 heavy (non-hydrogen) atoms. The van der Waals surface area contributed by atoms with Crippen LogP contribution in [0, 0.1) is 5.82 Å². The molecule has 0 aliphatic heterocycles. The first-order valence-electron chi connectivity index (χ1n) is 6.09. The van der Waals surface area contributed by atoms with Gasteiger partial charge in [0.15, 0.2) is 0 Å². The topological polar surface area (TPSA) is 72.2 Å². The van der Waals surface area contributed by atoms with Crippen molar-refractivity contribution in [3.63, 3.8) is 0 Å². The number of rotatable bonds is 5. The first-order chi connectivity index (χ1) is 9.83. The normalized spacial score (nSPS) is 13.3. The van der Waals surface area contributed by atoms with Crippen LogP contribution >= 0.6 is 27.3 Å². The quantitative estimate of drug-likeness (QED) is 0.820. The van der Waals surface area contributed by atoms with Gasteiger partial charge in [0.1, 0.15) is 10.7 Å². The molecule has 4 nitrogen and oxygen atoms in total. The number of nitrogens with one attached hydrogen (secondary N) is 1. The molecule has 1 aromatic heterocycles. The van der Waals surface area contributed by atoms with Crippen molar-refractivity contribution in [2.45, 2.75) is 24.4 Å². The largest absolute Gasteiger partial charge is 0.326 e. The Hall–Kier alpha value is -0.800. The summed E-state index contributed by atoms with van der Waals surface area (Å²) in [5, 5.41) is 0. The van der Waals surface area contributed by atoms with Crippen LogP contribution in [0.1, 0.15) is 23.4 Å². The van der Waals surface area contributed by atoms with Crippen molar-refractivity contribution in [3.05, 3.63) is 50.4 Å². The molecule has 0 spiro atoms. The highest BCUT2D eigenvalue weighted by molar-refractivity contribution is 9.11. The van der Waals surface area contributed by atoms with Gasteiger partial charge in [-0.05, 0) is 46.6 Å². The van der Waals surface area contributed by atoms with Crippen molar-refractivity contribution < 1.29 is 12.8 Å². The Labute approximate surface area is 135 Å². The average Bonchev–Trinajstić information content (AvgIpc) is 2.80. The summed E-state index contributed by atoms with van der Waals surface area (Å²) >= 11 is 4.51. The fraction of sp³-hybridized carbons (Fsp3) is 0.231. The fourth-order valence-corrected chi connectivity index (χ4v) is 5.62. The van der Waals surface area contributed by atoms with Crippen molar-refractivity contribution >= 4 is 37.3 Å². The molecule has 0 saturated heterocycles. The zero-order chi connectivity index (χ0) is 15.6. The van der Waals surface area contributed by atoms with Crippen LogP contribution in [0.25, 0.3) is 0 Å². The minimum absolute atomic E-state index is 0.149. The second kappa shape index (κ2) is 6.53. The Bertz CT molecular complexity index is 746. The summed E-state index contributed by atoms with van der Waals surface area (Å²) in [6.07, 6.45) is 0. The van der Waals surface area contributed by atoms with Gasteiger partial charge in [-0.25, -0.2) is 17.5 Å². The van der Waals surface area contributed by atoms with Crippen molar-refractivity contribution in [1.82, 2.24) is 4.72 Å². The highest BCUT2D eigenvalue weighted by Crippen LogP contribution is 2.32. The zero-order valence-corrected chi connectivity index (χ0v) is 14.4. The SMILES string of the molecule is CC(NS(=O)(=O)c1cc(CN)sc1Br)c1cccc(F)c1. The van der Waals surface area contributed by atoms with Crippen LogP contribution < -0.4 is 10.5 Å². The Morgan fingerprint density at radius 2 is 2.14 bits per heavy atom. The van der Waals surface area contributed by atoms with Gasteiger partial charge in [0.25, 0.3) is 0 Å². The van der Waals surface area contributed by atoms with Crippen LogP contribution in [-0.4, -0.2) is 8.42 Å². The van der Waals surface area contributed by atoms with Crippen LogP contribution in [0.5, 0.6) is 0 Å². The maximum Gasteiger partial charge on any atom is 0.243 e. The lowest BCUT2D eigenvalue weighted by Gasteiger charge is -2.14. The summed E-state index contributed by atoms with van der Waals surface area (Å²) in [5.41, 5.74) is 6.08. The fourth-order valence-electron chi connectivity index (χ4n) is 1.82. The third-order valence-corrected chi connectivity index (χ3v) is 6.69. The third-order valence-electron chi connectivity index (χ3n) is 2.88. The molecule has 0 amide bonds.